The van der Waals surface area contributed by atoms with Crippen LogP contribution in [0.15, 0.2) is 130 Å². The smallest absolute Gasteiger partial charge is 0.248 e. The van der Waals surface area contributed by atoms with E-state index in [2.05, 4.69) is 9.97 Å². The molecular weight excluding hydrogens is 860 g/mol. The summed E-state index contributed by atoms with van der Waals surface area (Å²) in [4.78, 5) is 30.1. The first kappa shape index (κ1) is 30.0. The summed E-state index contributed by atoms with van der Waals surface area (Å²) in [5.41, 5.74) is 1.32. The van der Waals surface area contributed by atoms with Gasteiger partial charge in [-0.3, -0.25) is 14.5 Å². The van der Waals surface area contributed by atoms with Crippen LogP contribution in [0.1, 0.15) is 55.0 Å². The van der Waals surface area contributed by atoms with Crippen molar-refractivity contribution in [2.24, 2.45) is 0 Å². The number of halogens is 1. The normalized spacial score (nSPS) is 24.1. The number of piperazine rings is 2. The van der Waals surface area contributed by atoms with Gasteiger partial charge in [0.15, 0.2) is 0 Å². The van der Waals surface area contributed by atoms with Crippen LogP contribution in [0.25, 0.3) is 42.0 Å². The van der Waals surface area contributed by atoms with E-state index >= 15 is 0 Å². The zero-order valence-electron chi connectivity index (χ0n) is 49.9. The Morgan fingerprint density at radius 3 is 1.62 bits per heavy atom. The summed E-state index contributed by atoms with van der Waals surface area (Å²) in [6, 6.07) is 30.6. The number of anilines is 2. The fourth-order valence-electron chi connectivity index (χ4n) is 6.59. The van der Waals surface area contributed by atoms with Crippen molar-refractivity contribution in [1.29, 1.82) is 0 Å². The maximum Gasteiger partial charge on any atom is 0.248 e. The van der Waals surface area contributed by atoms with Crippen molar-refractivity contribution in [2.75, 3.05) is 87.4 Å². The highest BCUT2D eigenvalue weighted by Gasteiger charge is 2.19. The number of benzene rings is 4. The lowest BCUT2D eigenvalue weighted by Gasteiger charge is -2.36. The average molecular weight is 936 g/mol. The number of H-pyrrole nitrogens is 2. The van der Waals surface area contributed by atoms with Crippen LogP contribution in [0.5, 0.6) is 11.5 Å². The van der Waals surface area contributed by atoms with E-state index < -0.39 is 52.0 Å². The van der Waals surface area contributed by atoms with Crippen LogP contribution in [0, 0.1) is 0 Å². The van der Waals surface area contributed by atoms with Gasteiger partial charge in [-0.2, -0.15) is 0 Å². The maximum absolute atomic E-state index is 11.6. The third-order valence-corrected chi connectivity index (χ3v) is 11.7. The minimum Gasteiger partial charge on any atom is -0.494 e. The largest absolute Gasteiger partial charge is 0.494 e. The molecule has 0 radical (unpaired) electrons. The van der Waals surface area contributed by atoms with E-state index in [0.29, 0.717) is 55.6 Å². The average Bonchev–Trinajstić information content (AvgIpc) is 4.07. The molecule has 10 rings (SSSR count). The second-order valence-corrected chi connectivity index (χ2v) is 16.3. The molecule has 0 atom stereocenters. The summed E-state index contributed by atoms with van der Waals surface area (Å²) >= 11 is 8.36. The molecule has 64 heavy (non-hydrogen) atoms. The summed E-state index contributed by atoms with van der Waals surface area (Å²) in [5.74, 6) is 1.96. The quantitative estimate of drug-likeness (QED) is 0.0776. The molecule has 2 fully saturated rings. The zero-order chi connectivity index (χ0) is 57.6. The number of hydrogen-bond acceptors (Lipinski definition) is 10. The van der Waals surface area contributed by atoms with Crippen LogP contribution in [-0.2, 0) is 0 Å². The van der Waals surface area contributed by atoms with Gasteiger partial charge >= 0.3 is 0 Å². The van der Waals surface area contributed by atoms with Gasteiger partial charge in [0.2, 0.25) is 11.1 Å². The topological polar surface area (TPSA) is 106 Å². The van der Waals surface area contributed by atoms with Crippen molar-refractivity contribution in [3.05, 3.63) is 141 Å². The Kier molecular flexibility index (Phi) is 11.0. The minimum atomic E-state index is -2.91. The number of alkyl halides is 1. The van der Waals surface area contributed by atoms with Crippen molar-refractivity contribution >= 4 is 87.6 Å². The van der Waals surface area contributed by atoms with Gasteiger partial charge in [0.1, 0.15) is 11.5 Å². The number of nitrogens with zero attached hydrogens (tertiary/aromatic N) is 3. The molecule has 0 aliphatic carbocycles. The molecule has 4 aromatic carbocycles. The van der Waals surface area contributed by atoms with E-state index in [0.717, 1.165) is 44.3 Å². The van der Waals surface area contributed by atoms with Crippen LogP contribution in [0.3, 0.4) is 0 Å². The lowest BCUT2D eigenvalue weighted by molar-refractivity contribution is 0.239. The molecule has 4 aromatic heterocycles. The van der Waals surface area contributed by atoms with Gasteiger partial charge in [-0.25, -0.2) is 0 Å². The molecule has 8 aromatic rings. The summed E-state index contributed by atoms with van der Waals surface area (Å²) in [6.45, 7) is -22.1. The molecular formula is C51H59ClN6O4S2. The number of aromatic amines is 2. The van der Waals surface area contributed by atoms with Gasteiger partial charge in [-0.05, 0) is 127 Å². The first-order valence-electron chi connectivity index (χ1n) is 28.2. The highest BCUT2D eigenvalue weighted by Crippen LogP contribution is 2.32. The van der Waals surface area contributed by atoms with E-state index in [9.17, 15) is 9.59 Å². The van der Waals surface area contributed by atoms with Crippen LogP contribution < -0.4 is 35.7 Å². The Balaban J connectivity index is 0.000000191. The van der Waals surface area contributed by atoms with Crippen molar-refractivity contribution < 1.29 is 31.4 Å². The molecule has 2 saturated heterocycles. The van der Waals surface area contributed by atoms with Gasteiger partial charge in [0.05, 0.1) is 35.2 Å². The molecule has 3 N–H and O–H groups in total. The molecule has 2 aliphatic rings. The lowest BCUT2D eigenvalue weighted by Crippen LogP contribution is -2.46. The van der Waals surface area contributed by atoms with Crippen LogP contribution in [0.2, 0.25) is 0 Å². The van der Waals surface area contributed by atoms with E-state index in [1.807, 2.05) is 29.6 Å². The maximum atomic E-state index is 11.6. The molecule has 10 nitrogen and oxygen atoms in total. The van der Waals surface area contributed by atoms with Gasteiger partial charge < -0.3 is 34.6 Å². The Morgan fingerprint density at radius 1 is 0.594 bits per heavy atom. The Morgan fingerprint density at radius 2 is 1.09 bits per heavy atom. The van der Waals surface area contributed by atoms with Crippen LogP contribution in [0.4, 0.5) is 11.4 Å². The van der Waals surface area contributed by atoms with Crippen molar-refractivity contribution in [3.8, 4) is 11.5 Å². The second kappa shape index (κ2) is 23.5. The second-order valence-electron chi connectivity index (χ2n) is 14.0. The SMILES string of the molecule is C.O=c1ccc2ccc(OCCCCCl)cc2[nH]1.[2H]C1([2H])N(CCCCOc2ccc3ccc(=O)[nH]c3c2)C([2H])([2H])C([2H])([2H])N(c2cccc3sccc23)C1([2H])[2H].[2H]C1([2H])NC([2H])([2H])C([2H])([2H])N(c2cccc3sccc23)C1([2H])[2H]. The number of aromatic nitrogens is 2. The zero-order valence-corrected chi connectivity index (χ0v) is 36.3. The molecule has 0 bridgehead atoms. The monoisotopic (exact) mass is 934 g/mol. The molecule has 0 unspecified atom stereocenters. The molecule has 336 valence electrons. The van der Waals surface area contributed by atoms with E-state index in [4.69, 9.17) is 43.0 Å². The molecule has 0 spiro atoms. The van der Waals surface area contributed by atoms with Crippen LogP contribution >= 0.6 is 34.3 Å². The number of unbranched alkanes of at least 4 members (excludes halogenated alkanes) is 2. The third-order valence-electron chi connectivity index (χ3n) is 9.72. The third kappa shape index (κ3) is 12.5. The number of thiophene rings is 2. The first-order valence-corrected chi connectivity index (χ1v) is 22.5. The highest BCUT2D eigenvalue weighted by molar-refractivity contribution is 7.17. The van der Waals surface area contributed by atoms with Crippen molar-refractivity contribution in [3.63, 3.8) is 0 Å². The summed E-state index contributed by atoms with van der Waals surface area (Å²) in [6.07, 6.45) is 2.50. The van der Waals surface area contributed by atoms with Crippen LogP contribution in [-0.4, -0.2) is 92.5 Å². The molecule has 6 heterocycles. The van der Waals surface area contributed by atoms with Gasteiger partial charge in [-0.1, -0.05) is 19.6 Å². The Hall–Kier alpha value is -5.37. The van der Waals surface area contributed by atoms with E-state index in [1.165, 1.54) is 46.9 Å². The van der Waals surface area contributed by atoms with Crippen molar-refractivity contribution in [2.45, 2.75) is 33.1 Å². The van der Waals surface area contributed by atoms with E-state index in [1.54, 1.807) is 71.4 Å². The number of pyridine rings is 2. The number of fused-ring (bicyclic) bond motifs is 4. The fourth-order valence-corrected chi connectivity index (χ4v) is 8.39. The number of ether oxygens (including phenoxy) is 2. The number of hydrogen-bond donors (Lipinski definition) is 3. The summed E-state index contributed by atoms with van der Waals surface area (Å²) in [7, 11) is 0. The van der Waals surface area contributed by atoms with Crippen molar-refractivity contribution in [1.82, 2.24) is 20.2 Å². The van der Waals surface area contributed by atoms with Gasteiger partial charge in [-0.15, -0.1) is 34.3 Å². The predicted molar refractivity (Wildman–Crippen MR) is 273 cm³/mol. The molecule has 0 amide bonds. The molecule has 13 heteroatoms. The molecule has 0 saturated carbocycles. The van der Waals surface area contributed by atoms with Gasteiger partial charge in [0, 0.05) is 125 Å². The minimum absolute atomic E-state index is 0. The highest BCUT2D eigenvalue weighted by atomic mass is 35.5. The van der Waals surface area contributed by atoms with E-state index in [-0.39, 0.29) is 49.5 Å². The lowest BCUT2D eigenvalue weighted by atomic mass is 10.2. The molecule has 2 aliphatic heterocycles. The Bertz CT molecular complexity index is 3530. The Labute approximate surface area is 410 Å². The fraction of sp³-hybridized carbons (Fsp3) is 0.333. The van der Waals surface area contributed by atoms with Gasteiger partial charge in [0.25, 0.3) is 0 Å². The predicted octanol–water partition coefficient (Wildman–Crippen LogP) is 10.6. The summed E-state index contributed by atoms with van der Waals surface area (Å²) in [5, 5.41) is 8.31. The first-order chi connectivity index (χ1) is 37.0. The number of rotatable bonds is 13. The standard InChI is InChI=1S/C25H27N3O2S.C13H14ClNO2.C12H14N2S.CH4/c29-25-9-7-19-6-8-20(18-22(19)26-25)30-16-2-1-11-27-12-14-28(15-13-27)23-4-3-5-24-21(23)10-17-31-24;14-7-1-2-8-17-11-5-3-10-4-6-13(16)15-12(10)9-11;1-2-11(14-7-5-13-6-8-14)10-4-9-15-12(10)3-1;/h3-10,17-18H,1-2,11-16H2,(H,26,29);3-6,9H,1-2,7-8H2,(H,15,16);1-4,9,13H,5-8H2;1H4/i12D2,13D2,14D2,15D2;;5D2,6D2,7D2,8D2;. The summed E-state index contributed by atoms with van der Waals surface area (Å²) < 4.78 is 147. The number of nitrogens with one attached hydrogen (secondary N) is 3.